The van der Waals surface area contributed by atoms with Gasteiger partial charge in [0, 0.05) is 29.3 Å². The van der Waals surface area contributed by atoms with Gasteiger partial charge in [-0.15, -0.1) is 0 Å². The summed E-state index contributed by atoms with van der Waals surface area (Å²) in [7, 11) is 1.58. The number of hydrogen-bond acceptors (Lipinski definition) is 4. The molecule has 5 rings (SSSR count). The highest BCUT2D eigenvalue weighted by Crippen LogP contribution is 2.50. The number of nitrogens with one attached hydrogen (secondary N) is 2. The van der Waals surface area contributed by atoms with Crippen molar-refractivity contribution in [2.75, 3.05) is 12.4 Å². The topological polar surface area (TPSA) is 70.7 Å². The maximum Gasteiger partial charge on any atom is 0.322 e. The highest BCUT2D eigenvalue weighted by Gasteiger charge is 2.40. The zero-order valence-electron chi connectivity index (χ0n) is 21.2. The van der Waals surface area contributed by atoms with Crippen LogP contribution in [0.4, 0.5) is 10.5 Å². The Morgan fingerprint density at radius 1 is 1.00 bits per heavy atom. The SMILES string of the molecule is C=C(OC)c1cccc(NC(=O)C2=CC3CC3=C(NC(=O)N(C3CCCCC3)C3CCCCC3)S2)c1. The third-order valence-electron chi connectivity index (χ3n) is 7.89. The molecule has 36 heavy (non-hydrogen) atoms. The van der Waals surface area contributed by atoms with Gasteiger partial charge in [0.15, 0.2) is 0 Å². The minimum Gasteiger partial charge on any atom is -0.497 e. The van der Waals surface area contributed by atoms with Gasteiger partial charge in [0.2, 0.25) is 0 Å². The number of anilines is 1. The summed E-state index contributed by atoms with van der Waals surface area (Å²) < 4.78 is 5.22. The molecule has 2 N–H and O–H groups in total. The molecular weight excluding hydrogens is 470 g/mol. The Hall–Kier alpha value is -2.67. The molecule has 0 aromatic heterocycles. The molecule has 0 saturated heterocycles. The van der Waals surface area contributed by atoms with Crippen molar-refractivity contribution < 1.29 is 14.3 Å². The van der Waals surface area contributed by atoms with E-state index in [1.165, 1.54) is 55.9 Å². The Kier molecular flexibility index (Phi) is 7.75. The summed E-state index contributed by atoms with van der Waals surface area (Å²) in [5.74, 6) is 0.641. The number of nitrogens with zero attached hydrogens (tertiary/aromatic N) is 1. The number of allylic oxidation sites excluding steroid dienone is 2. The number of carbonyl (C=O) groups excluding carboxylic acids is 2. The fourth-order valence-corrected chi connectivity index (χ4v) is 6.91. The van der Waals surface area contributed by atoms with Crippen molar-refractivity contribution in [3.8, 4) is 0 Å². The van der Waals surface area contributed by atoms with Gasteiger partial charge in [-0.05, 0) is 49.8 Å². The van der Waals surface area contributed by atoms with E-state index in [0.29, 0.717) is 28.4 Å². The Bertz CT molecular complexity index is 1060. The van der Waals surface area contributed by atoms with Gasteiger partial charge in [0.25, 0.3) is 5.91 Å². The third-order valence-corrected chi connectivity index (χ3v) is 9.00. The number of benzene rings is 1. The van der Waals surface area contributed by atoms with Crippen LogP contribution in [0.15, 0.2) is 52.4 Å². The van der Waals surface area contributed by atoms with Gasteiger partial charge in [-0.2, -0.15) is 0 Å². The van der Waals surface area contributed by atoms with Crippen LogP contribution >= 0.6 is 11.8 Å². The van der Waals surface area contributed by atoms with Gasteiger partial charge in [-0.1, -0.05) is 75.1 Å². The zero-order chi connectivity index (χ0) is 25.1. The molecular formula is C29H37N3O3S. The Balaban J connectivity index is 1.26. The van der Waals surface area contributed by atoms with Crippen LogP contribution in [0.3, 0.4) is 0 Å². The van der Waals surface area contributed by atoms with E-state index in [4.69, 9.17) is 4.74 Å². The number of carbonyl (C=O) groups is 2. The molecule has 4 aliphatic rings. The first kappa shape index (κ1) is 25.0. The molecule has 1 heterocycles. The molecule has 7 heteroatoms. The molecule has 1 aromatic rings. The molecule has 0 bridgehead atoms. The molecule has 6 nitrogen and oxygen atoms in total. The molecule has 192 valence electrons. The van der Waals surface area contributed by atoms with Gasteiger partial charge >= 0.3 is 6.03 Å². The lowest BCUT2D eigenvalue weighted by atomic mass is 9.89. The number of urea groups is 1. The largest absolute Gasteiger partial charge is 0.497 e. The van der Waals surface area contributed by atoms with Crippen molar-refractivity contribution in [2.24, 2.45) is 5.92 Å². The average molecular weight is 508 g/mol. The fraction of sp³-hybridized carbons (Fsp3) is 0.517. The summed E-state index contributed by atoms with van der Waals surface area (Å²) in [5.41, 5.74) is 2.76. The molecule has 1 atom stereocenters. The smallest absolute Gasteiger partial charge is 0.322 e. The number of hydrogen-bond donors (Lipinski definition) is 2. The lowest BCUT2D eigenvalue weighted by Gasteiger charge is -2.41. The van der Waals surface area contributed by atoms with Crippen LogP contribution in [0.2, 0.25) is 0 Å². The second-order valence-corrected chi connectivity index (χ2v) is 11.4. The second-order valence-electron chi connectivity index (χ2n) is 10.4. The number of thioether (sulfide) groups is 1. The van der Waals surface area contributed by atoms with Crippen LogP contribution in [0.5, 0.6) is 0 Å². The maximum atomic E-state index is 13.7. The van der Waals surface area contributed by atoms with Crippen molar-refractivity contribution in [3.63, 3.8) is 0 Å². The summed E-state index contributed by atoms with van der Waals surface area (Å²) >= 11 is 1.39. The molecule has 1 aliphatic heterocycles. The molecule has 3 saturated carbocycles. The highest BCUT2D eigenvalue weighted by atomic mass is 32.2. The van der Waals surface area contributed by atoms with Crippen molar-refractivity contribution in [2.45, 2.75) is 82.7 Å². The predicted molar refractivity (Wildman–Crippen MR) is 146 cm³/mol. The summed E-state index contributed by atoms with van der Waals surface area (Å²) in [5, 5.41) is 7.12. The standard InChI is InChI=1S/C29H37N3O3S/c1-19(35-2)20-10-9-11-22(16-20)30-27(33)26-18-21-17-25(21)28(36-26)31-29(34)32(23-12-5-3-6-13-23)24-14-7-4-8-15-24/h9-11,16,18,21,23-24H,1,3-8,12-15,17H2,2H3,(H,30,33)(H,31,34). The Morgan fingerprint density at radius 3 is 2.31 bits per heavy atom. The molecule has 3 aliphatic carbocycles. The number of fused-ring (bicyclic) bond motifs is 1. The van der Waals surface area contributed by atoms with Crippen molar-refractivity contribution >= 4 is 35.1 Å². The van der Waals surface area contributed by atoms with Crippen LogP contribution in [0.25, 0.3) is 5.76 Å². The van der Waals surface area contributed by atoms with E-state index >= 15 is 0 Å². The van der Waals surface area contributed by atoms with Crippen LogP contribution in [0, 0.1) is 5.92 Å². The summed E-state index contributed by atoms with van der Waals surface area (Å²) in [6.07, 6.45) is 14.7. The molecule has 0 spiro atoms. The van der Waals surface area contributed by atoms with E-state index in [-0.39, 0.29) is 17.9 Å². The lowest BCUT2D eigenvalue weighted by Crippen LogP contribution is -2.52. The number of rotatable bonds is 7. The van der Waals surface area contributed by atoms with E-state index < -0.39 is 0 Å². The van der Waals surface area contributed by atoms with E-state index in [9.17, 15) is 9.59 Å². The van der Waals surface area contributed by atoms with Gasteiger partial charge in [-0.3, -0.25) is 4.79 Å². The summed E-state index contributed by atoms with van der Waals surface area (Å²) in [4.78, 5) is 29.7. The van der Waals surface area contributed by atoms with Gasteiger partial charge in [0.1, 0.15) is 5.76 Å². The van der Waals surface area contributed by atoms with Gasteiger partial charge < -0.3 is 20.3 Å². The first-order valence-electron chi connectivity index (χ1n) is 13.4. The van der Waals surface area contributed by atoms with Gasteiger partial charge in [-0.25, -0.2) is 4.79 Å². The first-order valence-corrected chi connectivity index (χ1v) is 14.2. The molecule has 3 amide bonds. The zero-order valence-corrected chi connectivity index (χ0v) is 22.0. The average Bonchev–Trinajstić information content (AvgIpc) is 3.70. The van der Waals surface area contributed by atoms with Gasteiger partial charge in [0.05, 0.1) is 17.0 Å². The minimum absolute atomic E-state index is 0.0295. The third kappa shape index (κ3) is 5.66. The van der Waals surface area contributed by atoms with Crippen molar-refractivity contribution in [1.82, 2.24) is 10.2 Å². The van der Waals surface area contributed by atoms with Crippen LogP contribution in [-0.2, 0) is 9.53 Å². The predicted octanol–water partition coefficient (Wildman–Crippen LogP) is 6.78. The number of methoxy groups -OCH3 is 1. The molecule has 0 radical (unpaired) electrons. The summed E-state index contributed by atoms with van der Waals surface area (Å²) in [6.45, 7) is 3.89. The Labute approximate surface area is 218 Å². The molecule has 1 aromatic carbocycles. The van der Waals surface area contributed by atoms with Crippen molar-refractivity contribution in [1.29, 1.82) is 0 Å². The molecule has 1 unspecified atom stereocenters. The summed E-state index contributed by atoms with van der Waals surface area (Å²) in [6, 6.07) is 8.17. The van der Waals surface area contributed by atoms with E-state index in [1.54, 1.807) is 7.11 Å². The van der Waals surface area contributed by atoms with E-state index in [2.05, 4.69) is 22.1 Å². The fourth-order valence-electron chi connectivity index (χ4n) is 5.81. The first-order chi connectivity index (χ1) is 17.5. The van der Waals surface area contributed by atoms with Crippen LogP contribution in [0.1, 0.15) is 76.2 Å². The highest BCUT2D eigenvalue weighted by molar-refractivity contribution is 8.07. The minimum atomic E-state index is -0.158. The lowest BCUT2D eigenvalue weighted by molar-refractivity contribution is -0.112. The second kappa shape index (κ2) is 11.2. The number of ether oxygens (including phenoxy) is 1. The van der Waals surface area contributed by atoms with E-state index in [1.807, 2.05) is 30.3 Å². The Morgan fingerprint density at radius 2 is 1.67 bits per heavy atom. The molecule has 3 fully saturated rings. The maximum absolute atomic E-state index is 13.7. The number of amides is 3. The monoisotopic (exact) mass is 507 g/mol. The van der Waals surface area contributed by atoms with Crippen molar-refractivity contribution in [3.05, 3.63) is 58.0 Å². The normalized spacial score (nSPS) is 22.2. The quantitative estimate of drug-likeness (QED) is 0.399. The van der Waals surface area contributed by atoms with Crippen LogP contribution in [-0.4, -0.2) is 36.0 Å². The van der Waals surface area contributed by atoms with Crippen LogP contribution < -0.4 is 10.6 Å². The van der Waals surface area contributed by atoms with E-state index in [0.717, 1.165) is 42.7 Å².